The van der Waals surface area contributed by atoms with E-state index in [0.29, 0.717) is 11.6 Å². The molecule has 0 radical (unpaired) electrons. The smallest absolute Gasteiger partial charge is 0.381 e. The lowest BCUT2D eigenvalue weighted by Crippen LogP contribution is -2.73. The summed E-state index contributed by atoms with van der Waals surface area (Å²) in [6, 6.07) is 2.54. The van der Waals surface area contributed by atoms with Gasteiger partial charge >= 0.3 is 6.18 Å². The molecule has 1 spiro atoms. The second kappa shape index (κ2) is 7.15. The second-order valence-electron chi connectivity index (χ2n) is 9.35. The molecule has 166 valence electrons. The molecule has 30 heavy (non-hydrogen) atoms. The Morgan fingerprint density at radius 1 is 1.07 bits per heavy atom. The fraction of sp³-hybridized carbons (Fsp3) is 0.750. The van der Waals surface area contributed by atoms with Crippen molar-refractivity contribution in [2.24, 2.45) is 11.3 Å². The first-order valence-corrected chi connectivity index (χ1v) is 12.0. The van der Waals surface area contributed by atoms with Crippen LogP contribution in [0, 0.1) is 11.3 Å². The Hall–Kier alpha value is -1.23. The lowest BCUT2D eigenvalue weighted by molar-refractivity contribution is -0.143. The number of aromatic nitrogens is 1. The molecule has 0 N–H and O–H groups in total. The molecule has 0 bridgehead atoms. The van der Waals surface area contributed by atoms with Crippen molar-refractivity contribution in [1.29, 1.82) is 0 Å². The fourth-order valence-corrected chi connectivity index (χ4v) is 6.83. The van der Waals surface area contributed by atoms with Crippen LogP contribution in [0.1, 0.15) is 43.0 Å². The highest BCUT2D eigenvalue weighted by atomic mass is 32.2. The predicted octanol–water partition coefficient (Wildman–Crippen LogP) is 2.71. The van der Waals surface area contributed by atoms with Crippen LogP contribution >= 0.6 is 0 Å². The molecule has 5 rings (SSSR count). The molecule has 3 saturated heterocycles. The maximum absolute atomic E-state index is 13.6. The van der Waals surface area contributed by atoms with Crippen molar-refractivity contribution in [1.82, 2.24) is 14.2 Å². The van der Waals surface area contributed by atoms with E-state index in [-0.39, 0.29) is 24.4 Å². The Balaban J connectivity index is 1.25. The van der Waals surface area contributed by atoms with E-state index in [9.17, 15) is 21.6 Å². The van der Waals surface area contributed by atoms with E-state index in [4.69, 9.17) is 4.74 Å². The van der Waals surface area contributed by atoms with Crippen LogP contribution < -0.4 is 0 Å². The zero-order chi connectivity index (χ0) is 21.1. The number of hydrogen-bond acceptors (Lipinski definition) is 5. The first kappa shape index (κ1) is 20.7. The standard InChI is InChI=1S/C20H26F3N3O3S/c21-20(22,23)18-17(4-3-16(24-18)15-1-2-15)30(27,28)26-12-19(13-26)10-25(11-19)9-14-5-7-29-8-6-14/h3-4,14-15H,1-2,5-13H2. The summed E-state index contributed by atoms with van der Waals surface area (Å²) in [7, 11) is -4.21. The molecule has 10 heteroatoms. The van der Waals surface area contributed by atoms with Crippen molar-refractivity contribution in [2.75, 3.05) is 45.9 Å². The third-order valence-corrected chi connectivity index (χ3v) is 8.58. The summed E-state index contributed by atoms with van der Waals surface area (Å²) in [4.78, 5) is 5.32. The Labute approximate surface area is 174 Å². The minimum atomic E-state index is -4.80. The predicted molar refractivity (Wildman–Crippen MR) is 102 cm³/mol. The highest BCUT2D eigenvalue weighted by molar-refractivity contribution is 7.89. The van der Waals surface area contributed by atoms with Gasteiger partial charge in [-0.15, -0.1) is 0 Å². The quantitative estimate of drug-likeness (QED) is 0.698. The van der Waals surface area contributed by atoms with Gasteiger partial charge in [0.15, 0.2) is 5.69 Å². The summed E-state index contributed by atoms with van der Waals surface area (Å²) in [6.45, 7) is 4.75. The Morgan fingerprint density at radius 2 is 1.73 bits per heavy atom. The summed E-state index contributed by atoms with van der Waals surface area (Å²) < 4.78 is 73.2. The van der Waals surface area contributed by atoms with Crippen LogP contribution in [0.15, 0.2) is 17.0 Å². The van der Waals surface area contributed by atoms with Crippen LogP contribution in [0.25, 0.3) is 0 Å². The van der Waals surface area contributed by atoms with E-state index in [1.165, 1.54) is 10.4 Å². The van der Waals surface area contributed by atoms with E-state index in [0.717, 1.165) is 64.6 Å². The highest BCUT2D eigenvalue weighted by Crippen LogP contribution is 2.45. The molecule has 0 amide bonds. The van der Waals surface area contributed by atoms with E-state index < -0.39 is 26.8 Å². The largest absolute Gasteiger partial charge is 0.434 e. The molecular formula is C20H26F3N3O3S. The van der Waals surface area contributed by atoms with Gasteiger partial charge in [0.1, 0.15) is 4.90 Å². The number of alkyl halides is 3. The number of halogens is 3. The number of likely N-dealkylation sites (tertiary alicyclic amines) is 1. The van der Waals surface area contributed by atoms with E-state index >= 15 is 0 Å². The van der Waals surface area contributed by atoms with Gasteiger partial charge in [-0.05, 0) is 43.7 Å². The Kier molecular flexibility index (Phi) is 4.92. The van der Waals surface area contributed by atoms with Crippen molar-refractivity contribution in [2.45, 2.75) is 42.7 Å². The van der Waals surface area contributed by atoms with Crippen LogP contribution in [0.4, 0.5) is 13.2 Å². The number of pyridine rings is 1. The van der Waals surface area contributed by atoms with Gasteiger partial charge in [-0.1, -0.05) is 0 Å². The van der Waals surface area contributed by atoms with Crippen molar-refractivity contribution in [3.05, 3.63) is 23.5 Å². The zero-order valence-electron chi connectivity index (χ0n) is 16.7. The van der Waals surface area contributed by atoms with Crippen molar-refractivity contribution < 1.29 is 26.3 Å². The van der Waals surface area contributed by atoms with E-state index in [1.807, 2.05) is 0 Å². The monoisotopic (exact) mass is 445 g/mol. The van der Waals surface area contributed by atoms with Crippen molar-refractivity contribution in [3.8, 4) is 0 Å². The Bertz CT molecular complexity index is 913. The lowest BCUT2D eigenvalue weighted by atomic mass is 9.74. The van der Waals surface area contributed by atoms with Gasteiger partial charge in [-0.25, -0.2) is 13.4 Å². The average molecular weight is 446 g/mol. The van der Waals surface area contributed by atoms with E-state index in [2.05, 4.69) is 9.88 Å². The van der Waals surface area contributed by atoms with Gasteiger partial charge in [-0.3, -0.25) is 0 Å². The average Bonchev–Trinajstić information content (AvgIpc) is 3.47. The van der Waals surface area contributed by atoms with Crippen molar-refractivity contribution in [3.63, 3.8) is 0 Å². The molecule has 0 aromatic carbocycles. The minimum absolute atomic E-state index is 0.0202. The van der Waals surface area contributed by atoms with Gasteiger partial charge in [0.05, 0.1) is 0 Å². The van der Waals surface area contributed by atoms with Gasteiger partial charge in [-0.2, -0.15) is 17.5 Å². The normalized spacial score (nSPS) is 25.8. The number of sulfonamides is 1. The first-order valence-electron chi connectivity index (χ1n) is 10.5. The topological polar surface area (TPSA) is 62.7 Å². The summed E-state index contributed by atoms with van der Waals surface area (Å²) in [6.07, 6.45) is -1.10. The minimum Gasteiger partial charge on any atom is -0.381 e. The third-order valence-electron chi connectivity index (χ3n) is 6.76. The lowest BCUT2D eigenvalue weighted by Gasteiger charge is -2.60. The van der Waals surface area contributed by atoms with Gasteiger partial charge in [0, 0.05) is 63.0 Å². The number of nitrogens with zero attached hydrogens (tertiary/aromatic N) is 3. The summed E-state index contributed by atoms with van der Waals surface area (Å²) in [5, 5.41) is 0. The number of rotatable bonds is 5. The first-order chi connectivity index (χ1) is 14.2. The van der Waals surface area contributed by atoms with Crippen LogP contribution in [-0.2, 0) is 20.9 Å². The van der Waals surface area contributed by atoms with Crippen LogP contribution in [-0.4, -0.2) is 68.5 Å². The highest BCUT2D eigenvalue weighted by Gasteiger charge is 2.56. The van der Waals surface area contributed by atoms with Gasteiger partial charge in [0.25, 0.3) is 0 Å². The molecule has 0 atom stereocenters. The van der Waals surface area contributed by atoms with Gasteiger partial charge in [0.2, 0.25) is 10.0 Å². The van der Waals surface area contributed by atoms with Crippen LogP contribution in [0.3, 0.4) is 0 Å². The van der Waals surface area contributed by atoms with Crippen LogP contribution in [0.5, 0.6) is 0 Å². The molecule has 4 heterocycles. The van der Waals surface area contributed by atoms with Crippen molar-refractivity contribution >= 4 is 10.0 Å². The third kappa shape index (κ3) is 3.76. The molecular weight excluding hydrogens is 419 g/mol. The zero-order valence-corrected chi connectivity index (χ0v) is 17.5. The maximum atomic E-state index is 13.6. The summed E-state index contributed by atoms with van der Waals surface area (Å²) >= 11 is 0. The molecule has 4 aliphatic rings. The molecule has 4 fully saturated rings. The fourth-order valence-electron chi connectivity index (χ4n) is 5.02. The molecule has 1 aromatic heterocycles. The summed E-state index contributed by atoms with van der Waals surface area (Å²) in [5.74, 6) is 0.633. The molecule has 1 saturated carbocycles. The van der Waals surface area contributed by atoms with Crippen LogP contribution in [0.2, 0.25) is 0 Å². The Morgan fingerprint density at radius 3 is 2.33 bits per heavy atom. The second-order valence-corrected chi connectivity index (χ2v) is 11.3. The molecule has 1 aromatic rings. The summed E-state index contributed by atoms with van der Waals surface area (Å²) in [5.41, 5.74) is -1.05. The van der Waals surface area contributed by atoms with Gasteiger partial charge < -0.3 is 9.64 Å². The molecule has 1 aliphatic carbocycles. The number of ether oxygens (including phenoxy) is 1. The molecule has 3 aliphatic heterocycles. The maximum Gasteiger partial charge on any atom is 0.434 e. The SMILES string of the molecule is O=S(=O)(c1ccc(C2CC2)nc1C(F)(F)F)N1CC2(CN(CC3CCOCC3)C2)C1. The van der Waals surface area contributed by atoms with E-state index in [1.54, 1.807) is 0 Å². The number of hydrogen-bond donors (Lipinski definition) is 0. The molecule has 6 nitrogen and oxygen atoms in total. The molecule has 0 unspecified atom stereocenters.